The van der Waals surface area contributed by atoms with Crippen molar-refractivity contribution < 1.29 is 12.8 Å². The summed E-state index contributed by atoms with van der Waals surface area (Å²) >= 11 is 3.35. The van der Waals surface area contributed by atoms with Gasteiger partial charge in [0.05, 0.1) is 5.52 Å². The molecule has 0 spiro atoms. The monoisotopic (exact) mass is 474 g/mol. The van der Waals surface area contributed by atoms with Gasteiger partial charge in [-0.15, -0.1) is 0 Å². The van der Waals surface area contributed by atoms with Crippen LogP contribution in [-0.2, 0) is 10.0 Å². The second-order valence-electron chi connectivity index (χ2n) is 7.66. The Bertz CT molecular complexity index is 1250. The predicted molar refractivity (Wildman–Crippen MR) is 116 cm³/mol. The van der Waals surface area contributed by atoms with Crippen LogP contribution in [0.5, 0.6) is 0 Å². The minimum Gasteiger partial charge on any atom is -0.296 e. The van der Waals surface area contributed by atoms with Gasteiger partial charge in [-0.25, -0.2) is 16.8 Å². The van der Waals surface area contributed by atoms with Gasteiger partial charge in [0.1, 0.15) is 10.7 Å². The van der Waals surface area contributed by atoms with E-state index in [0.29, 0.717) is 21.4 Å². The first-order valence-corrected chi connectivity index (χ1v) is 11.9. The zero-order valence-corrected chi connectivity index (χ0v) is 18.1. The van der Waals surface area contributed by atoms with E-state index >= 15 is 0 Å². The summed E-state index contributed by atoms with van der Waals surface area (Å²) in [6, 6.07) is 11.5. The maximum absolute atomic E-state index is 14.1. The van der Waals surface area contributed by atoms with Gasteiger partial charge < -0.3 is 0 Å². The number of halogens is 2. The summed E-state index contributed by atoms with van der Waals surface area (Å²) in [5, 5.41) is 0.637. The summed E-state index contributed by atoms with van der Waals surface area (Å²) in [5.74, 6) is -0.367. The van der Waals surface area contributed by atoms with Crippen LogP contribution in [0.25, 0.3) is 16.5 Å². The first-order chi connectivity index (χ1) is 13.9. The maximum atomic E-state index is 14.1. The van der Waals surface area contributed by atoms with Gasteiger partial charge in [0.25, 0.3) is 10.0 Å². The van der Waals surface area contributed by atoms with Crippen LogP contribution in [0.15, 0.2) is 64.1 Å². The summed E-state index contributed by atoms with van der Waals surface area (Å²) in [6.45, 7) is 1.97. The molecule has 4 nitrogen and oxygen atoms in total. The molecule has 1 saturated heterocycles. The molecular weight excluding hydrogens is 455 g/mol. The van der Waals surface area contributed by atoms with Crippen molar-refractivity contribution in [1.29, 1.82) is 0 Å². The molecule has 1 unspecified atom stereocenters. The van der Waals surface area contributed by atoms with E-state index in [1.807, 2.05) is 0 Å². The summed E-state index contributed by atoms with van der Waals surface area (Å²) in [7, 11) is -3.83. The van der Waals surface area contributed by atoms with Crippen LogP contribution in [-0.4, -0.2) is 36.4 Å². The van der Waals surface area contributed by atoms with Gasteiger partial charge in [-0.05, 0) is 77.6 Å². The molecule has 3 heterocycles. The van der Waals surface area contributed by atoms with Gasteiger partial charge >= 0.3 is 0 Å². The molecule has 0 N–H and O–H groups in total. The average Bonchev–Trinajstić information content (AvgIpc) is 3.32. The van der Waals surface area contributed by atoms with E-state index < -0.39 is 10.0 Å². The highest BCUT2D eigenvalue weighted by molar-refractivity contribution is 9.10. The number of nitrogens with zero attached hydrogens (tertiary/aromatic N) is 2. The molecule has 3 aromatic rings. The Morgan fingerprint density at radius 2 is 1.97 bits per heavy atom. The van der Waals surface area contributed by atoms with Gasteiger partial charge in [-0.1, -0.05) is 18.2 Å². The molecule has 7 heteroatoms. The fraction of sp³-hybridized carbons (Fsp3) is 0.273. The van der Waals surface area contributed by atoms with Gasteiger partial charge in [-0.2, -0.15) is 0 Å². The van der Waals surface area contributed by atoms with E-state index in [1.54, 1.807) is 36.5 Å². The van der Waals surface area contributed by atoms with Gasteiger partial charge in [0, 0.05) is 34.2 Å². The Balaban J connectivity index is 1.70. The molecule has 2 aliphatic heterocycles. The first kappa shape index (κ1) is 19.0. The number of aromatic nitrogens is 1. The standard InChI is InChI=1S/C22H20BrFN2O2S/c23-20-5-1-2-6-22(20)29(27,28)26-14-19(18-13-16(24)7-8-21(18)26)15-9-11-25-10-3-4-17(25)12-15/h1-2,5-9,13-14,17H,3-4,10-12H2. The van der Waals surface area contributed by atoms with Crippen molar-refractivity contribution in [3.05, 3.63) is 70.6 Å². The average molecular weight is 475 g/mol. The lowest BCUT2D eigenvalue weighted by Crippen LogP contribution is -2.32. The summed E-state index contributed by atoms with van der Waals surface area (Å²) in [6.07, 6.45) is 7.04. The molecule has 2 aliphatic rings. The largest absolute Gasteiger partial charge is 0.296 e. The van der Waals surface area contributed by atoms with E-state index in [1.165, 1.54) is 22.5 Å². The van der Waals surface area contributed by atoms with E-state index in [2.05, 4.69) is 26.9 Å². The molecule has 0 amide bonds. The molecule has 1 aromatic heterocycles. The van der Waals surface area contributed by atoms with Crippen LogP contribution in [0.1, 0.15) is 24.8 Å². The van der Waals surface area contributed by atoms with Crippen molar-refractivity contribution in [3.63, 3.8) is 0 Å². The lowest BCUT2D eigenvalue weighted by Gasteiger charge is -2.29. The fourth-order valence-corrected chi connectivity index (χ4v) is 6.88. The number of fused-ring (bicyclic) bond motifs is 2. The van der Waals surface area contributed by atoms with Crippen molar-refractivity contribution in [2.45, 2.75) is 30.2 Å². The summed E-state index contributed by atoms with van der Waals surface area (Å²) in [4.78, 5) is 2.65. The Morgan fingerprint density at radius 3 is 2.79 bits per heavy atom. The smallest absolute Gasteiger partial charge is 0.269 e. The van der Waals surface area contributed by atoms with Crippen LogP contribution >= 0.6 is 15.9 Å². The van der Waals surface area contributed by atoms with Crippen LogP contribution in [0.2, 0.25) is 0 Å². The number of benzene rings is 2. The molecule has 0 radical (unpaired) electrons. The molecular formula is C22H20BrFN2O2S. The third-order valence-corrected chi connectivity index (χ3v) is 8.66. The minimum absolute atomic E-state index is 0.187. The molecule has 150 valence electrons. The Labute approximate surface area is 177 Å². The highest BCUT2D eigenvalue weighted by Gasteiger charge is 2.30. The molecule has 5 rings (SSSR count). The molecule has 1 fully saturated rings. The fourth-order valence-electron chi connectivity index (χ4n) is 4.54. The van der Waals surface area contributed by atoms with E-state index in [0.717, 1.165) is 37.1 Å². The number of hydrogen-bond acceptors (Lipinski definition) is 3. The Morgan fingerprint density at radius 1 is 1.14 bits per heavy atom. The second kappa shape index (κ2) is 7.07. The van der Waals surface area contributed by atoms with Crippen LogP contribution in [0.4, 0.5) is 4.39 Å². The molecule has 0 bridgehead atoms. The van der Waals surface area contributed by atoms with E-state index in [9.17, 15) is 12.8 Å². The molecule has 0 aliphatic carbocycles. The predicted octanol–water partition coefficient (Wildman–Crippen LogP) is 5.03. The number of hydrogen-bond donors (Lipinski definition) is 0. The normalized spacial score (nSPS) is 20.1. The molecule has 29 heavy (non-hydrogen) atoms. The van der Waals surface area contributed by atoms with Crippen molar-refractivity contribution in [2.75, 3.05) is 13.1 Å². The third-order valence-electron chi connectivity index (χ3n) is 5.98. The van der Waals surface area contributed by atoms with Gasteiger partial charge in [0.2, 0.25) is 0 Å². The highest BCUT2D eigenvalue weighted by atomic mass is 79.9. The molecule has 1 atom stereocenters. The van der Waals surface area contributed by atoms with Crippen LogP contribution in [0.3, 0.4) is 0 Å². The zero-order valence-electron chi connectivity index (χ0n) is 15.7. The lowest BCUT2D eigenvalue weighted by molar-refractivity contribution is 0.275. The topological polar surface area (TPSA) is 42.3 Å². The van der Waals surface area contributed by atoms with Crippen molar-refractivity contribution in [2.24, 2.45) is 0 Å². The van der Waals surface area contributed by atoms with Crippen LogP contribution in [0, 0.1) is 5.82 Å². The quantitative estimate of drug-likeness (QED) is 0.534. The molecule has 2 aromatic carbocycles. The van der Waals surface area contributed by atoms with Gasteiger partial charge in [0.15, 0.2) is 0 Å². The highest BCUT2D eigenvalue weighted by Crippen LogP contribution is 2.38. The van der Waals surface area contributed by atoms with Crippen LogP contribution < -0.4 is 0 Å². The minimum atomic E-state index is -3.83. The summed E-state index contributed by atoms with van der Waals surface area (Å²) < 4.78 is 42.8. The van der Waals surface area contributed by atoms with Crippen molar-refractivity contribution in [3.8, 4) is 0 Å². The Kier molecular flexibility index (Phi) is 4.64. The maximum Gasteiger partial charge on any atom is 0.269 e. The van der Waals surface area contributed by atoms with E-state index in [-0.39, 0.29) is 10.7 Å². The van der Waals surface area contributed by atoms with E-state index in [4.69, 9.17) is 0 Å². The second-order valence-corrected chi connectivity index (χ2v) is 10.3. The first-order valence-electron chi connectivity index (χ1n) is 9.69. The third kappa shape index (κ3) is 3.16. The summed E-state index contributed by atoms with van der Waals surface area (Å²) in [5.41, 5.74) is 2.40. The van der Waals surface area contributed by atoms with Crippen molar-refractivity contribution >= 4 is 42.4 Å². The Hall–Kier alpha value is -1.96. The SMILES string of the molecule is O=S(=O)(c1ccccc1Br)n1cc(C2=CCN3CCCC3C2)c2cc(F)ccc21. The van der Waals surface area contributed by atoms with Gasteiger partial charge in [-0.3, -0.25) is 4.90 Å². The van der Waals surface area contributed by atoms with Crippen molar-refractivity contribution in [1.82, 2.24) is 8.87 Å². The number of rotatable bonds is 3. The molecule has 0 saturated carbocycles. The zero-order chi connectivity index (χ0) is 20.2. The lowest BCUT2D eigenvalue weighted by atomic mass is 9.94.